The quantitative estimate of drug-likeness (QED) is 0.0146. The van der Waals surface area contributed by atoms with Crippen molar-refractivity contribution in [2.45, 2.75) is 334 Å². The van der Waals surface area contributed by atoms with Gasteiger partial charge in [-0.25, -0.2) is 9.13 Å². The molecule has 0 aliphatic carbocycles. The number of ether oxygens (including phenoxy) is 3. The number of aliphatic hydroxyl groups is 2. The SMILES string of the molecule is CC/C=C\C/C=C\C/C=C\C/C=C\C/C=C\C/C=C\CCCCCCC(=O)OCC(COP(=O)(O)OCC(O)COP(=O)(O)OCC(O)COC(=O)CCCCCCCCCCCCCCC/C=C\C/C=C\C/C=C\C/C=C\C/C=C\CC)OC(=O)CCCCCCCCCCCCCCC. The summed E-state index contributed by atoms with van der Waals surface area (Å²) in [5, 5.41) is 20.6. The zero-order valence-electron chi connectivity index (χ0n) is 63.3. The fourth-order valence-electron chi connectivity index (χ4n) is 10.4. The van der Waals surface area contributed by atoms with E-state index in [-0.39, 0.29) is 19.3 Å². The third-order valence-electron chi connectivity index (χ3n) is 16.4. The van der Waals surface area contributed by atoms with Gasteiger partial charge >= 0.3 is 33.6 Å². The summed E-state index contributed by atoms with van der Waals surface area (Å²) in [6.07, 6.45) is 90.7. The molecule has 0 aliphatic rings. The number of carbonyl (C=O) groups excluding carboxylic acids is 3. The fourth-order valence-corrected chi connectivity index (χ4v) is 12.0. The monoisotopic (exact) mass is 1460 g/mol. The Balaban J connectivity index is 4.52. The summed E-state index contributed by atoms with van der Waals surface area (Å²) < 4.78 is 61.1. The van der Waals surface area contributed by atoms with Gasteiger partial charge in [-0.15, -0.1) is 0 Å². The first-order valence-electron chi connectivity index (χ1n) is 39.5. The molecule has 0 aromatic rings. The van der Waals surface area contributed by atoms with E-state index in [1.165, 1.54) is 109 Å². The zero-order chi connectivity index (χ0) is 73.7. The van der Waals surface area contributed by atoms with Gasteiger partial charge < -0.3 is 34.2 Å². The molecule has 16 nitrogen and oxygen atoms in total. The van der Waals surface area contributed by atoms with Gasteiger partial charge in [0.1, 0.15) is 25.4 Å². The summed E-state index contributed by atoms with van der Waals surface area (Å²) in [5.41, 5.74) is 0. The summed E-state index contributed by atoms with van der Waals surface area (Å²) in [5.74, 6) is -1.60. The van der Waals surface area contributed by atoms with Gasteiger partial charge in [0.15, 0.2) is 6.10 Å². The molecule has 0 bridgehead atoms. The normalized spacial score (nSPS) is 14.7. The van der Waals surface area contributed by atoms with E-state index in [0.717, 1.165) is 148 Å². The van der Waals surface area contributed by atoms with Crippen molar-refractivity contribution in [3.8, 4) is 0 Å². The van der Waals surface area contributed by atoms with Crippen molar-refractivity contribution >= 4 is 33.6 Å². The van der Waals surface area contributed by atoms with Gasteiger partial charge in [0.2, 0.25) is 0 Å². The Bertz CT molecular complexity index is 2370. The zero-order valence-corrected chi connectivity index (χ0v) is 65.1. The minimum Gasteiger partial charge on any atom is -0.463 e. The number of hydrogen-bond donors (Lipinski definition) is 4. The van der Waals surface area contributed by atoms with Crippen LogP contribution >= 0.6 is 15.6 Å². The minimum absolute atomic E-state index is 0.0991. The Hall–Kier alpha value is -4.31. The van der Waals surface area contributed by atoms with Gasteiger partial charge in [0.25, 0.3) is 0 Å². The van der Waals surface area contributed by atoms with Crippen LogP contribution in [0.2, 0.25) is 0 Å². The maximum absolute atomic E-state index is 12.9. The van der Waals surface area contributed by atoms with Crippen LogP contribution in [0, 0.1) is 0 Å². The Kier molecular flexibility index (Phi) is 72.2. The molecule has 4 N–H and O–H groups in total. The molecule has 0 aromatic carbocycles. The van der Waals surface area contributed by atoms with Crippen molar-refractivity contribution in [2.24, 2.45) is 0 Å². The van der Waals surface area contributed by atoms with Crippen LogP contribution in [0.15, 0.2) is 134 Å². The number of unbranched alkanes of at least 4 members (excludes halogenated alkanes) is 29. The lowest BCUT2D eigenvalue weighted by Crippen LogP contribution is -2.30. The Morgan fingerprint density at radius 3 is 0.832 bits per heavy atom. The second-order valence-electron chi connectivity index (χ2n) is 26.1. The first-order valence-corrected chi connectivity index (χ1v) is 42.5. The van der Waals surface area contributed by atoms with Crippen LogP contribution in [0.1, 0.15) is 316 Å². The van der Waals surface area contributed by atoms with Crippen molar-refractivity contribution in [3.05, 3.63) is 134 Å². The second kappa shape index (κ2) is 75.4. The third kappa shape index (κ3) is 76.6. The van der Waals surface area contributed by atoms with E-state index in [1.54, 1.807) is 0 Å². The molecular formula is C83H142O16P2. The first-order chi connectivity index (χ1) is 49.2. The Morgan fingerprint density at radius 2 is 0.525 bits per heavy atom. The predicted molar refractivity (Wildman–Crippen MR) is 417 cm³/mol. The Morgan fingerprint density at radius 1 is 0.287 bits per heavy atom. The molecule has 5 atom stereocenters. The number of carbonyl (C=O) groups is 3. The van der Waals surface area contributed by atoms with E-state index in [0.29, 0.717) is 19.3 Å². The number of allylic oxidation sites excluding steroid dienone is 22. The van der Waals surface area contributed by atoms with Crippen molar-refractivity contribution in [2.75, 3.05) is 39.6 Å². The molecule has 0 radical (unpaired) electrons. The maximum atomic E-state index is 12.9. The summed E-state index contributed by atoms with van der Waals surface area (Å²) in [7, 11) is -9.79. The van der Waals surface area contributed by atoms with Gasteiger partial charge in [-0.2, -0.15) is 0 Å². The van der Waals surface area contributed by atoms with Crippen LogP contribution in [0.5, 0.6) is 0 Å². The average molecular weight is 1460 g/mol. The summed E-state index contributed by atoms with van der Waals surface area (Å²) in [6.45, 7) is 2.44. The lowest BCUT2D eigenvalue weighted by molar-refractivity contribution is -0.161. The molecule has 0 saturated heterocycles. The van der Waals surface area contributed by atoms with Gasteiger partial charge in [0.05, 0.1) is 26.4 Å². The number of esters is 3. The van der Waals surface area contributed by atoms with E-state index >= 15 is 0 Å². The molecule has 101 heavy (non-hydrogen) atoms. The third-order valence-corrected chi connectivity index (χ3v) is 18.3. The minimum atomic E-state index is -4.93. The van der Waals surface area contributed by atoms with Crippen LogP contribution in [0.25, 0.3) is 0 Å². The van der Waals surface area contributed by atoms with Crippen molar-refractivity contribution in [1.82, 2.24) is 0 Å². The highest BCUT2D eigenvalue weighted by Crippen LogP contribution is 2.45. The van der Waals surface area contributed by atoms with Crippen LogP contribution in [-0.2, 0) is 55.8 Å². The smallest absolute Gasteiger partial charge is 0.463 e. The van der Waals surface area contributed by atoms with Gasteiger partial charge in [-0.3, -0.25) is 32.5 Å². The van der Waals surface area contributed by atoms with E-state index in [4.69, 9.17) is 32.3 Å². The van der Waals surface area contributed by atoms with Gasteiger partial charge in [-0.1, -0.05) is 315 Å². The highest BCUT2D eigenvalue weighted by atomic mass is 31.2. The van der Waals surface area contributed by atoms with Crippen molar-refractivity contribution in [3.63, 3.8) is 0 Å². The Labute approximate surface area is 614 Å². The van der Waals surface area contributed by atoms with Crippen LogP contribution in [0.4, 0.5) is 0 Å². The maximum Gasteiger partial charge on any atom is 0.472 e. The highest BCUT2D eigenvalue weighted by Gasteiger charge is 2.29. The van der Waals surface area contributed by atoms with Crippen LogP contribution in [-0.4, -0.2) is 95.9 Å². The molecule has 0 heterocycles. The number of aliphatic hydroxyl groups excluding tert-OH is 2. The molecule has 0 spiro atoms. The molecule has 0 rings (SSSR count). The number of hydrogen-bond acceptors (Lipinski definition) is 14. The molecular weight excluding hydrogens is 1310 g/mol. The fraction of sp³-hybridized carbons (Fsp3) is 0.699. The lowest BCUT2D eigenvalue weighted by Gasteiger charge is -2.21. The first kappa shape index (κ1) is 96.7. The summed E-state index contributed by atoms with van der Waals surface area (Å²) in [4.78, 5) is 58.6. The van der Waals surface area contributed by atoms with Crippen molar-refractivity contribution < 1.29 is 75.8 Å². The number of rotatable bonds is 74. The molecule has 18 heteroatoms. The molecule has 0 aromatic heterocycles. The molecule has 0 amide bonds. The van der Waals surface area contributed by atoms with E-state index < -0.39 is 91.5 Å². The largest absolute Gasteiger partial charge is 0.472 e. The predicted octanol–water partition coefficient (Wildman–Crippen LogP) is 23.1. The van der Waals surface area contributed by atoms with Crippen molar-refractivity contribution in [1.29, 1.82) is 0 Å². The molecule has 0 fully saturated rings. The molecule has 0 saturated carbocycles. The lowest BCUT2D eigenvalue weighted by atomic mass is 10.0. The second-order valence-corrected chi connectivity index (χ2v) is 29.0. The summed E-state index contributed by atoms with van der Waals surface area (Å²) in [6, 6.07) is 0. The number of phosphoric ester groups is 2. The summed E-state index contributed by atoms with van der Waals surface area (Å²) >= 11 is 0. The molecule has 580 valence electrons. The highest BCUT2D eigenvalue weighted by molar-refractivity contribution is 7.47. The average Bonchev–Trinajstić information content (AvgIpc) is 0.939. The standard InChI is InChI=1S/C83H142O16P2/c1-4-7-10-13-16-19-22-25-27-29-31-33-35-36-37-38-39-40-42-44-45-47-49-52-54-57-60-63-66-69-81(86)93-72-78(84)73-95-100(89,90)96-74-79(85)75-97-101(91,92)98-77-80(99-83(88)71-68-65-62-59-56-51-24-21-18-15-12-9-6-3)76-94-82(87)70-67-64-61-58-55-53-50-48-46-43-41-34-32-30-28-26-23-20-17-14-11-8-5-2/h7-8,10-11,16-17,19-20,25-28,31-34,36-37,43,46,50,53,78-80,84-85H,4-6,9,12-15,18,21-24,29-30,35,38-42,44-45,47-49,51-52,54-77H2,1-3H3,(H,89,90)(H,91,92)/b10-7-,11-8-,19-16-,20-17-,27-25-,28-26-,33-31-,34-32-,37-36-,46-43-,53-50-. The van der Waals surface area contributed by atoms with E-state index in [9.17, 15) is 43.5 Å². The molecule has 5 unspecified atom stereocenters. The van der Waals surface area contributed by atoms with Crippen LogP contribution < -0.4 is 0 Å². The van der Waals surface area contributed by atoms with Gasteiger partial charge in [-0.05, 0) is 116 Å². The van der Waals surface area contributed by atoms with Crippen LogP contribution in [0.3, 0.4) is 0 Å². The van der Waals surface area contributed by atoms with E-state index in [1.807, 2.05) is 0 Å². The topological polar surface area (TPSA) is 231 Å². The van der Waals surface area contributed by atoms with Gasteiger partial charge in [0, 0.05) is 19.3 Å². The number of phosphoric acid groups is 2. The molecule has 0 aliphatic heterocycles. The van der Waals surface area contributed by atoms with E-state index in [2.05, 4.69) is 154 Å².